The summed E-state index contributed by atoms with van der Waals surface area (Å²) < 4.78 is 10.7. The van der Waals surface area contributed by atoms with Crippen molar-refractivity contribution in [2.75, 3.05) is 0 Å². The van der Waals surface area contributed by atoms with Gasteiger partial charge >= 0.3 is 0 Å². The number of nitrogens with two attached hydrogens (primary N) is 3. The second kappa shape index (κ2) is 7.60. The van der Waals surface area contributed by atoms with Gasteiger partial charge in [-0.05, 0) is 38.5 Å². The van der Waals surface area contributed by atoms with Gasteiger partial charge in [0.2, 0.25) is 5.91 Å². The number of nitrogens with zero attached hydrogens (tertiary/aromatic N) is 2. The van der Waals surface area contributed by atoms with Gasteiger partial charge < -0.3 is 26.5 Å². The van der Waals surface area contributed by atoms with E-state index in [9.17, 15) is 4.79 Å². The molecule has 2 heterocycles. The zero-order valence-corrected chi connectivity index (χ0v) is 13.7. The first kappa shape index (κ1) is 17.5. The van der Waals surface area contributed by atoms with Crippen LogP contribution in [0, 0.1) is 13.8 Å². The molecule has 0 spiro atoms. The molecule has 0 fully saturated rings. The van der Waals surface area contributed by atoms with Gasteiger partial charge in [0.1, 0.15) is 18.1 Å². The van der Waals surface area contributed by atoms with Crippen molar-refractivity contribution >= 4 is 5.91 Å². The maximum atomic E-state index is 10.9. The molecule has 2 aromatic rings. The van der Waals surface area contributed by atoms with E-state index < -0.39 is 11.9 Å². The fourth-order valence-electron chi connectivity index (χ4n) is 1.97. The third-order valence-electron chi connectivity index (χ3n) is 3.49. The summed E-state index contributed by atoms with van der Waals surface area (Å²) in [5.74, 6) is 0.190. The van der Waals surface area contributed by atoms with E-state index in [0.29, 0.717) is 11.5 Å². The van der Waals surface area contributed by atoms with Gasteiger partial charge in [0.25, 0.3) is 0 Å². The summed E-state index contributed by atoms with van der Waals surface area (Å²) in [6, 6.07) is 3.01. The van der Waals surface area contributed by atoms with Crippen LogP contribution in [0.5, 0.6) is 0 Å². The maximum absolute atomic E-state index is 10.9. The Kier molecular flexibility index (Phi) is 5.54. The van der Waals surface area contributed by atoms with Crippen LogP contribution in [-0.2, 0) is 16.1 Å². The molecule has 0 bridgehead atoms. The zero-order chi connectivity index (χ0) is 17.7. The molecule has 0 aromatic carbocycles. The summed E-state index contributed by atoms with van der Waals surface area (Å²) in [4.78, 5) is 15.1. The van der Waals surface area contributed by atoms with Crippen LogP contribution >= 0.6 is 0 Å². The molecule has 128 valence electrons. The van der Waals surface area contributed by atoms with Crippen LogP contribution in [0.25, 0.3) is 11.3 Å². The Morgan fingerprint density at radius 3 is 2.75 bits per heavy atom. The third-order valence-corrected chi connectivity index (χ3v) is 3.49. The first-order valence-electron chi connectivity index (χ1n) is 7.40. The maximum Gasteiger partial charge on any atom is 0.234 e. The van der Waals surface area contributed by atoms with Gasteiger partial charge in [-0.3, -0.25) is 9.78 Å². The number of carbonyl (C=O) groups excluding carboxylic acids is 1. The van der Waals surface area contributed by atoms with E-state index in [1.54, 1.807) is 13.1 Å². The first-order valence-corrected chi connectivity index (χ1v) is 7.40. The van der Waals surface area contributed by atoms with Gasteiger partial charge in [-0.15, -0.1) is 0 Å². The van der Waals surface area contributed by atoms with E-state index in [4.69, 9.17) is 26.5 Å². The Hall–Kier alpha value is -2.87. The SMILES string of the molecule is Cc1ccc(-c2noc(C)c2CO/C(N)=C/CC(N)C(N)=O)cn1. The molecule has 2 rings (SSSR count). The molecule has 24 heavy (non-hydrogen) atoms. The lowest BCUT2D eigenvalue weighted by atomic mass is 10.1. The van der Waals surface area contributed by atoms with Gasteiger partial charge in [0, 0.05) is 17.5 Å². The molecule has 0 saturated carbocycles. The molecule has 0 aliphatic rings. The lowest BCUT2D eigenvalue weighted by molar-refractivity contribution is -0.119. The molecule has 1 atom stereocenters. The third kappa shape index (κ3) is 4.32. The second-order valence-electron chi connectivity index (χ2n) is 5.39. The normalized spacial score (nSPS) is 12.9. The average molecular weight is 331 g/mol. The smallest absolute Gasteiger partial charge is 0.234 e. The van der Waals surface area contributed by atoms with E-state index in [1.807, 2.05) is 19.1 Å². The molecule has 0 radical (unpaired) electrons. The van der Waals surface area contributed by atoms with Crippen molar-refractivity contribution < 1.29 is 14.1 Å². The summed E-state index contributed by atoms with van der Waals surface area (Å²) in [6.07, 6.45) is 3.45. The molecule has 0 saturated heterocycles. The summed E-state index contributed by atoms with van der Waals surface area (Å²) >= 11 is 0. The molecule has 8 heteroatoms. The zero-order valence-electron chi connectivity index (χ0n) is 13.7. The van der Waals surface area contributed by atoms with E-state index in [0.717, 1.165) is 16.8 Å². The lowest BCUT2D eigenvalue weighted by Gasteiger charge is -2.08. The van der Waals surface area contributed by atoms with Crippen LogP contribution < -0.4 is 17.2 Å². The van der Waals surface area contributed by atoms with Gasteiger partial charge in [-0.1, -0.05) is 5.16 Å². The summed E-state index contributed by atoms with van der Waals surface area (Å²) in [5.41, 5.74) is 19.6. The summed E-state index contributed by atoms with van der Waals surface area (Å²) in [6.45, 7) is 3.87. The molecule has 6 N–H and O–H groups in total. The average Bonchev–Trinajstić information content (AvgIpc) is 2.92. The Balaban J connectivity index is 2.08. The molecule has 1 unspecified atom stereocenters. The highest BCUT2D eigenvalue weighted by Gasteiger charge is 2.16. The number of primary amides is 1. The van der Waals surface area contributed by atoms with E-state index in [-0.39, 0.29) is 18.9 Å². The quantitative estimate of drug-likeness (QED) is 0.639. The van der Waals surface area contributed by atoms with E-state index in [2.05, 4.69) is 10.1 Å². The number of pyridine rings is 1. The number of hydrogen-bond donors (Lipinski definition) is 3. The molecular formula is C16H21N5O3. The van der Waals surface area contributed by atoms with Gasteiger partial charge in [-0.25, -0.2) is 0 Å². The van der Waals surface area contributed by atoms with Crippen LogP contribution in [0.2, 0.25) is 0 Å². The standard InChI is InChI=1S/C16H21N5O3/c1-9-3-4-11(7-20-9)15-12(10(2)24-21-15)8-23-14(18)6-5-13(17)16(19)22/h3-4,6-7,13H,5,8,17-18H2,1-2H3,(H2,19,22)/b14-6+. The van der Waals surface area contributed by atoms with E-state index >= 15 is 0 Å². The lowest BCUT2D eigenvalue weighted by Crippen LogP contribution is -2.35. The fraction of sp³-hybridized carbons (Fsp3) is 0.312. The number of hydrogen-bond acceptors (Lipinski definition) is 7. The van der Waals surface area contributed by atoms with Gasteiger partial charge in [0.15, 0.2) is 5.88 Å². The molecule has 1 amide bonds. The van der Waals surface area contributed by atoms with Crippen molar-refractivity contribution in [2.45, 2.75) is 32.9 Å². The fourth-order valence-corrected chi connectivity index (χ4v) is 1.97. The minimum absolute atomic E-state index is 0.153. The minimum Gasteiger partial charge on any atom is -0.475 e. The van der Waals surface area contributed by atoms with Crippen molar-refractivity contribution in [1.82, 2.24) is 10.1 Å². The van der Waals surface area contributed by atoms with Crippen molar-refractivity contribution in [2.24, 2.45) is 17.2 Å². The Morgan fingerprint density at radius 1 is 1.38 bits per heavy atom. The van der Waals surface area contributed by atoms with Crippen LogP contribution in [0.4, 0.5) is 0 Å². The first-order chi connectivity index (χ1) is 11.4. The molecule has 8 nitrogen and oxygen atoms in total. The van der Waals surface area contributed by atoms with Crippen molar-refractivity contribution in [3.63, 3.8) is 0 Å². The monoisotopic (exact) mass is 331 g/mol. The van der Waals surface area contributed by atoms with Gasteiger partial charge in [-0.2, -0.15) is 0 Å². The highest BCUT2D eigenvalue weighted by atomic mass is 16.5. The molecule has 0 aliphatic heterocycles. The summed E-state index contributed by atoms with van der Waals surface area (Å²) in [5, 5.41) is 4.05. The van der Waals surface area contributed by atoms with Crippen molar-refractivity contribution in [3.8, 4) is 11.3 Å². The Labute approximate surface area is 139 Å². The number of amides is 1. The highest BCUT2D eigenvalue weighted by molar-refractivity contribution is 5.79. The number of carbonyl (C=O) groups is 1. The molecule has 2 aromatic heterocycles. The van der Waals surface area contributed by atoms with Crippen molar-refractivity contribution in [1.29, 1.82) is 0 Å². The number of aromatic nitrogens is 2. The van der Waals surface area contributed by atoms with Crippen molar-refractivity contribution in [3.05, 3.63) is 47.3 Å². The van der Waals surface area contributed by atoms with Crippen LogP contribution in [0.15, 0.2) is 34.8 Å². The molecular weight excluding hydrogens is 310 g/mol. The summed E-state index contributed by atoms with van der Waals surface area (Å²) in [7, 11) is 0. The Bertz CT molecular complexity index is 737. The molecule has 0 aliphatic carbocycles. The predicted octanol–water partition coefficient (Wildman–Crippen LogP) is 0.873. The van der Waals surface area contributed by atoms with Crippen LogP contribution in [-0.4, -0.2) is 22.1 Å². The predicted molar refractivity (Wildman–Crippen MR) is 88.1 cm³/mol. The topological polar surface area (TPSA) is 143 Å². The van der Waals surface area contributed by atoms with E-state index in [1.165, 1.54) is 6.08 Å². The number of aryl methyl sites for hydroxylation is 2. The Morgan fingerprint density at radius 2 is 2.12 bits per heavy atom. The largest absolute Gasteiger partial charge is 0.475 e. The minimum atomic E-state index is -0.793. The van der Waals surface area contributed by atoms with Crippen LogP contribution in [0.1, 0.15) is 23.4 Å². The van der Waals surface area contributed by atoms with Gasteiger partial charge in [0.05, 0.1) is 11.6 Å². The number of ether oxygens (including phenoxy) is 1. The second-order valence-corrected chi connectivity index (χ2v) is 5.39. The van der Waals surface area contributed by atoms with Crippen LogP contribution in [0.3, 0.4) is 0 Å². The number of rotatable bonds is 7. The highest BCUT2D eigenvalue weighted by Crippen LogP contribution is 2.25.